The summed E-state index contributed by atoms with van der Waals surface area (Å²) in [6.45, 7) is 2.40. The Morgan fingerprint density at radius 3 is 2.97 bits per heavy atom. The van der Waals surface area contributed by atoms with E-state index in [0.29, 0.717) is 28.1 Å². The Morgan fingerprint density at radius 1 is 1.34 bits per heavy atom. The number of aromatic nitrogens is 3. The van der Waals surface area contributed by atoms with Gasteiger partial charge in [0.25, 0.3) is 0 Å². The predicted octanol–water partition coefficient (Wildman–Crippen LogP) is 4.04. The molecule has 7 nitrogen and oxygen atoms in total. The zero-order chi connectivity index (χ0) is 20.4. The van der Waals surface area contributed by atoms with Crippen LogP contribution in [-0.4, -0.2) is 51.9 Å². The van der Waals surface area contributed by atoms with Crippen molar-refractivity contribution in [1.29, 1.82) is 0 Å². The molecule has 152 valence electrons. The second-order valence-corrected chi connectivity index (χ2v) is 7.83. The molecular weight excluding hydrogens is 415 g/mol. The summed E-state index contributed by atoms with van der Waals surface area (Å²) < 4.78 is 7.45. The molecule has 0 radical (unpaired) electrons. The number of benzene rings is 1. The molecule has 3 heterocycles. The van der Waals surface area contributed by atoms with Crippen molar-refractivity contribution in [2.45, 2.75) is 12.8 Å². The average molecular weight is 435 g/mol. The molecule has 1 N–H and O–H groups in total. The summed E-state index contributed by atoms with van der Waals surface area (Å²) in [4.78, 5) is 21.7. The van der Waals surface area contributed by atoms with Gasteiger partial charge in [0.05, 0.1) is 47.2 Å². The van der Waals surface area contributed by atoms with Crippen molar-refractivity contribution in [1.82, 2.24) is 14.5 Å². The maximum absolute atomic E-state index is 10.6. The molecule has 1 aliphatic heterocycles. The Labute approximate surface area is 177 Å². The molecule has 1 aromatic carbocycles. The highest BCUT2D eigenvalue weighted by Gasteiger charge is 2.25. The van der Waals surface area contributed by atoms with Crippen LogP contribution in [0.3, 0.4) is 0 Å². The molecule has 0 unspecified atom stereocenters. The third-order valence-corrected chi connectivity index (χ3v) is 5.84. The van der Waals surface area contributed by atoms with Crippen molar-refractivity contribution in [2.24, 2.45) is 5.92 Å². The van der Waals surface area contributed by atoms with Gasteiger partial charge in [0, 0.05) is 42.9 Å². The summed E-state index contributed by atoms with van der Waals surface area (Å²) in [6, 6.07) is 5.72. The molecule has 0 saturated carbocycles. The first-order valence-corrected chi connectivity index (χ1v) is 10.1. The van der Waals surface area contributed by atoms with Gasteiger partial charge in [-0.15, -0.1) is 0 Å². The van der Waals surface area contributed by atoms with E-state index in [1.807, 2.05) is 22.9 Å². The molecule has 0 aliphatic carbocycles. The minimum atomic E-state index is -0.846. The summed E-state index contributed by atoms with van der Waals surface area (Å²) in [6.07, 6.45) is 6.32. The van der Waals surface area contributed by atoms with Crippen LogP contribution in [0, 0.1) is 5.92 Å². The predicted molar refractivity (Wildman–Crippen MR) is 112 cm³/mol. The molecule has 1 aliphatic rings. The van der Waals surface area contributed by atoms with Gasteiger partial charge in [-0.2, -0.15) is 0 Å². The first-order valence-electron chi connectivity index (χ1n) is 9.34. The highest BCUT2D eigenvalue weighted by molar-refractivity contribution is 6.45. The Balaban J connectivity index is 1.59. The number of hydrogen-bond donors (Lipinski definition) is 1. The highest BCUT2D eigenvalue weighted by atomic mass is 35.5. The number of hydrogen-bond acceptors (Lipinski definition) is 5. The van der Waals surface area contributed by atoms with E-state index in [4.69, 9.17) is 38.0 Å². The molecule has 1 saturated heterocycles. The van der Waals surface area contributed by atoms with Gasteiger partial charge in [0.1, 0.15) is 5.82 Å². The van der Waals surface area contributed by atoms with Crippen molar-refractivity contribution in [3.63, 3.8) is 0 Å². The van der Waals surface area contributed by atoms with E-state index in [2.05, 4.69) is 9.88 Å². The summed E-state index contributed by atoms with van der Waals surface area (Å²) in [5.74, 6) is 0.298. The summed E-state index contributed by atoms with van der Waals surface area (Å²) in [5.41, 5.74) is 1.59. The molecular formula is C20H20Cl2N4O3. The normalized spacial score (nSPS) is 16.6. The second-order valence-electron chi connectivity index (χ2n) is 7.05. The highest BCUT2D eigenvalue weighted by Crippen LogP contribution is 2.35. The second kappa shape index (κ2) is 8.57. The van der Waals surface area contributed by atoms with Crippen molar-refractivity contribution >= 4 is 45.9 Å². The number of anilines is 1. The van der Waals surface area contributed by atoms with Gasteiger partial charge in [-0.3, -0.25) is 4.79 Å². The van der Waals surface area contributed by atoms with Crippen molar-refractivity contribution in [2.75, 3.05) is 31.2 Å². The number of halogens is 2. The summed E-state index contributed by atoms with van der Waals surface area (Å²) in [7, 11) is 0. The number of carbonyl (C=O) groups is 1. The standard InChI is InChI=1S/C20H20Cl2N4O3/c21-15-2-1-14-16(26-7-5-23-12-26)9-17(24-20(14)19(15)22)25-6-3-13(10-25)11-29-8-4-18(27)28/h1-2,5,7,9,12-13H,3-4,6,8,10-11H2,(H,27,28)/t13-/m1/s1. The van der Waals surface area contributed by atoms with E-state index in [-0.39, 0.29) is 13.0 Å². The number of fused-ring (bicyclic) bond motifs is 1. The monoisotopic (exact) mass is 434 g/mol. The van der Waals surface area contributed by atoms with Crippen LogP contribution < -0.4 is 4.90 Å². The van der Waals surface area contributed by atoms with Crippen LogP contribution >= 0.6 is 23.2 Å². The lowest BCUT2D eigenvalue weighted by atomic mass is 10.1. The maximum atomic E-state index is 10.6. The van der Waals surface area contributed by atoms with Gasteiger partial charge in [-0.25, -0.2) is 9.97 Å². The summed E-state index contributed by atoms with van der Waals surface area (Å²) in [5, 5.41) is 10.5. The Kier molecular flexibility index (Phi) is 5.89. The van der Waals surface area contributed by atoms with E-state index < -0.39 is 5.97 Å². The Bertz CT molecular complexity index is 1030. The smallest absolute Gasteiger partial charge is 0.305 e. The van der Waals surface area contributed by atoms with Gasteiger partial charge in [0.2, 0.25) is 0 Å². The Hall–Kier alpha value is -2.35. The third-order valence-electron chi connectivity index (χ3n) is 5.04. The molecule has 1 atom stereocenters. The molecule has 2 aromatic heterocycles. The van der Waals surface area contributed by atoms with Gasteiger partial charge < -0.3 is 19.3 Å². The van der Waals surface area contributed by atoms with Crippen LogP contribution in [0.1, 0.15) is 12.8 Å². The lowest BCUT2D eigenvalue weighted by Gasteiger charge is -2.20. The average Bonchev–Trinajstić information content (AvgIpc) is 3.39. The number of carboxylic acids is 1. The van der Waals surface area contributed by atoms with Crippen molar-refractivity contribution in [3.05, 3.63) is 47.0 Å². The topological polar surface area (TPSA) is 80.5 Å². The van der Waals surface area contributed by atoms with Crippen LogP contribution in [-0.2, 0) is 9.53 Å². The number of nitrogens with zero attached hydrogens (tertiary/aromatic N) is 4. The van der Waals surface area contributed by atoms with Crippen LogP contribution in [0.4, 0.5) is 5.82 Å². The van der Waals surface area contributed by atoms with Crippen molar-refractivity contribution < 1.29 is 14.6 Å². The van der Waals surface area contributed by atoms with Gasteiger partial charge >= 0.3 is 5.97 Å². The first kappa shape index (κ1) is 19.9. The third kappa shape index (κ3) is 4.32. The first-order chi connectivity index (χ1) is 14.0. The lowest BCUT2D eigenvalue weighted by Crippen LogP contribution is -2.22. The number of carboxylic acid groups (broad SMARTS) is 1. The molecule has 0 spiro atoms. The molecule has 0 bridgehead atoms. The number of rotatable bonds is 7. The van der Waals surface area contributed by atoms with Crippen LogP contribution in [0.15, 0.2) is 36.9 Å². The number of pyridine rings is 1. The number of aliphatic carboxylic acids is 1. The lowest BCUT2D eigenvalue weighted by molar-refractivity contribution is -0.138. The van der Waals surface area contributed by atoms with Crippen LogP contribution in [0.5, 0.6) is 0 Å². The summed E-state index contributed by atoms with van der Waals surface area (Å²) >= 11 is 12.7. The zero-order valence-electron chi connectivity index (χ0n) is 15.6. The van der Waals surface area contributed by atoms with Crippen molar-refractivity contribution in [3.8, 4) is 5.69 Å². The van der Waals surface area contributed by atoms with E-state index in [9.17, 15) is 4.79 Å². The maximum Gasteiger partial charge on any atom is 0.305 e. The quantitative estimate of drug-likeness (QED) is 0.565. The van der Waals surface area contributed by atoms with E-state index in [1.54, 1.807) is 18.6 Å². The molecule has 0 amide bonds. The largest absolute Gasteiger partial charge is 0.481 e. The van der Waals surface area contributed by atoms with Gasteiger partial charge in [-0.1, -0.05) is 23.2 Å². The van der Waals surface area contributed by atoms with Crippen LogP contribution in [0.2, 0.25) is 10.0 Å². The number of ether oxygens (including phenoxy) is 1. The zero-order valence-corrected chi connectivity index (χ0v) is 17.1. The van der Waals surface area contributed by atoms with E-state index in [0.717, 1.165) is 36.4 Å². The molecule has 9 heteroatoms. The van der Waals surface area contributed by atoms with Crippen LogP contribution in [0.25, 0.3) is 16.6 Å². The van der Waals surface area contributed by atoms with E-state index in [1.165, 1.54) is 0 Å². The molecule has 1 fully saturated rings. The van der Waals surface area contributed by atoms with Gasteiger partial charge in [-0.05, 0) is 18.6 Å². The molecule has 4 rings (SSSR count). The number of imidazole rings is 1. The molecule has 29 heavy (non-hydrogen) atoms. The fourth-order valence-corrected chi connectivity index (χ4v) is 3.93. The SMILES string of the molecule is O=C(O)CCOC[C@@H]1CCN(c2cc(-n3ccnc3)c3ccc(Cl)c(Cl)c3n2)C1. The fourth-order valence-electron chi connectivity index (χ4n) is 3.57. The van der Waals surface area contributed by atoms with E-state index >= 15 is 0 Å². The minimum Gasteiger partial charge on any atom is -0.481 e. The Morgan fingerprint density at radius 2 is 2.21 bits per heavy atom. The molecule has 3 aromatic rings. The van der Waals surface area contributed by atoms with Gasteiger partial charge in [0.15, 0.2) is 0 Å². The minimum absolute atomic E-state index is 0.0240. The fraction of sp³-hybridized carbons (Fsp3) is 0.350.